The van der Waals surface area contributed by atoms with Crippen LogP contribution in [0.25, 0.3) is 6.08 Å². The fraction of sp³-hybridized carbons (Fsp3) is 0.444. The van der Waals surface area contributed by atoms with Crippen LogP contribution in [0, 0.1) is 5.92 Å². The Morgan fingerprint density at radius 2 is 1.96 bits per heavy atom. The molecule has 1 saturated heterocycles. The van der Waals surface area contributed by atoms with E-state index in [0.717, 1.165) is 18.4 Å². The van der Waals surface area contributed by atoms with E-state index in [4.69, 9.17) is 4.74 Å². The molecule has 130 valence electrons. The zero-order valence-electron chi connectivity index (χ0n) is 14.2. The first-order valence-electron chi connectivity index (χ1n) is 8.05. The van der Waals surface area contributed by atoms with Crippen LogP contribution in [0.3, 0.4) is 0 Å². The second-order valence-electron chi connectivity index (χ2n) is 5.75. The Balaban J connectivity index is 1.71. The maximum atomic E-state index is 11.9. The quantitative estimate of drug-likeness (QED) is 0.656. The second-order valence-corrected chi connectivity index (χ2v) is 6.63. The van der Waals surface area contributed by atoms with Crippen molar-refractivity contribution in [3.63, 3.8) is 0 Å². The zero-order chi connectivity index (χ0) is 17.4. The number of nitrogens with one attached hydrogen (secondary N) is 1. The van der Waals surface area contributed by atoms with Crippen LogP contribution in [0.5, 0.6) is 0 Å². The summed E-state index contributed by atoms with van der Waals surface area (Å²) in [6.07, 6.45) is 6.92. The fourth-order valence-corrected chi connectivity index (χ4v) is 3.05. The van der Waals surface area contributed by atoms with Gasteiger partial charge in [0.05, 0.1) is 7.11 Å². The monoisotopic (exact) mass is 348 g/mol. The highest BCUT2D eigenvalue weighted by molar-refractivity contribution is 7.98. The zero-order valence-corrected chi connectivity index (χ0v) is 15.0. The Labute approximate surface area is 147 Å². The molecular formula is C18H24N2O3S. The predicted molar refractivity (Wildman–Crippen MR) is 97.0 cm³/mol. The van der Waals surface area contributed by atoms with Crippen LogP contribution in [-0.4, -0.2) is 49.9 Å². The third-order valence-electron chi connectivity index (χ3n) is 4.16. The summed E-state index contributed by atoms with van der Waals surface area (Å²) in [6.45, 7) is 2.01. The van der Waals surface area contributed by atoms with Gasteiger partial charge in [-0.3, -0.25) is 4.79 Å². The van der Waals surface area contributed by atoms with Crippen LogP contribution in [0.15, 0.2) is 35.2 Å². The van der Waals surface area contributed by atoms with Crippen molar-refractivity contribution < 1.29 is 14.3 Å². The topological polar surface area (TPSA) is 58.6 Å². The molecule has 1 aliphatic rings. The number of likely N-dealkylation sites (tertiary alicyclic amines) is 1. The third-order valence-corrected chi connectivity index (χ3v) is 4.90. The molecule has 1 N–H and O–H groups in total. The number of rotatable bonds is 5. The van der Waals surface area contributed by atoms with Gasteiger partial charge in [-0.2, -0.15) is 0 Å². The van der Waals surface area contributed by atoms with Gasteiger partial charge in [-0.15, -0.1) is 11.8 Å². The van der Waals surface area contributed by atoms with E-state index in [1.807, 2.05) is 36.6 Å². The lowest BCUT2D eigenvalue weighted by molar-refractivity contribution is -0.116. The van der Waals surface area contributed by atoms with Crippen LogP contribution in [0.4, 0.5) is 4.79 Å². The van der Waals surface area contributed by atoms with Gasteiger partial charge in [-0.1, -0.05) is 12.1 Å². The average Bonchev–Trinajstić information content (AvgIpc) is 2.64. The molecule has 0 aliphatic carbocycles. The van der Waals surface area contributed by atoms with E-state index in [2.05, 4.69) is 5.32 Å². The van der Waals surface area contributed by atoms with Crippen LogP contribution < -0.4 is 5.32 Å². The molecule has 1 fully saturated rings. The Morgan fingerprint density at radius 3 is 2.54 bits per heavy atom. The summed E-state index contributed by atoms with van der Waals surface area (Å²) >= 11 is 1.69. The highest BCUT2D eigenvalue weighted by Gasteiger charge is 2.23. The van der Waals surface area contributed by atoms with Crippen molar-refractivity contribution in [1.29, 1.82) is 0 Å². The van der Waals surface area contributed by atoms with E-state index in [-0.39, 0.29) is 12.0 Å². The van der Waals surface area contributed by atoms with E-state index in [9.17, 15) is 9.59 Å². The number of nitrogens with zero attached hydrogens (tertiary/aromatic N) is 1. The van der Waals surface area contributed by atoms with Crippen molar-refractivity contribution >= 4 is 29.8 Å². The standard InChI is InChI=1S/C18H24N2O3S/c1-23-18(22)20-11-9-15(10-12-20)13-19-17(21)8-5-14-3-6-16(24-2)7-4-14/h3-8,15H,9-13H2,1-2H3,(H,19,21). The summed E-state index contributed by atoms with van der Waals surface area (Å²) in [5.41, 5.74) is 1.01. The molecular weight excluding hydrogens is 324 g/mol. The van der Waals surface area contributed by atoms with Gasteiger partial charge in [0.2, 0.25) is 5.91 Å². The van der Waals surface area contributed by atoms with Crippen molar-refractivity contribution in [2.45, 2.75) is 17.7 Å². The Kier molecular flexibility index (Phi) is 7.18. The molecule has 1 aliphatic heterocycles. The molecule has 1 aromatic rings. The summed E-state index contributed by atoms with van der Waals surface area (Å²) < 4.78 is 4.72. The number of carbonyl (C=O) groups excluding carboxylic acids is 2. The summed E-state index contributed by atoms with van der Waals surface area (Å²) in [7, 11) is 1.40. The van der Waals surface area contributed by atoms with Crippen molar-refractivity contribution in [3.05, 3.63) is 35.9 Å². The molecule has 2 amide bonds. The minimum Gasteiger partial charge on any atom is -0.453 e. The maximum absolute atomic E-state index is 11.9. The third kappa shape index (κ3) is 5.60. The number of methoxy groups -OCH3 is 1. The number of hydrogen-bond acceptors (Lipinski definition) is 4. The smallest absolute Gasteiger partial charge is 0.409 e. The molecule has 0 saturated carbocycles. The molecule has 0 aromatic heterocycles. The van der Waals surface area contributed by atoms with Gasteiger partial charge < -0.3 is 15.0 Å². The highest BCUT2D eigenvalue weighted by atomic mass is 32.2. The SMILES string of the molecule is COC(=O)N1CCC(CNC(=O)C=Cc2ccc(SC)cc2)CC1. The van der Waals surface area contributed by atoms with Crippen LogP contribution >= 0.6 is 11.8 Å². The number of ether oxygens (including phenoxy) is 1. The number of hydrogen-bond donors (Lipinski definition) is 1. The largest absolute Gasteiger partial charge is 0.453 e. The average molecular weight is 348 g/mol. The van der Waals surface area contributed by atoms with E-state index < -0.39 is 0 Å². The van der Waals surface area contributed by atoms with E-state index in [1.165, 1.54) is 12.0 Å². The normalized spacial score (nSPS) is 15.5. The van der Waals surface area contributed by atoms with Crippen molar-refractivity contribution in [3.8, 4) is 0 Å². The van der Waals surface area contributed by atoms with E-state index in [1.54, 1.807) is 22.7 Å². The molecule has 2 rings (SSSR count). The van der Waals surface area contributed by atoms with Gasteiger partial charge in [-0.25, -0.2) is 4.79 Å². The summed E-state index contributed by atoms with van der Waals surface area (Å²) in [4.78, 5) is 26.2. The van der Waals surface area contributed by atoms with Gasteiger partial charge in [0.25, 0.3) is 0 Å². The molecule has 24 heavy (non-hydrogen) atoms. The van der Waals surface area contributed by atoms with E-state index >= 15 is 0 Å². The number of piperidine rings is 1. The van der Waals surface area contributed by atoms with Gasteiger partial charge in [0.1, 0.15) is 0 Å². The lowest BCUT2D eigenvalue weighted by atomic mass is 9.97. The molecule has 0 spiro atoms. The number of carbonyl (C=O) groups is 2. The highest BCUT2D eigenvalue weighted by Crippen LogP contribution is 2.17. The molecule has 0 radical (unpaired) electrons. The first-order chi connectivity index (χ1) is 11.6. The fourth-order valence-electron chi connectivity index (χ4n) is 2.64. The van der Waals surface area contributed by atoms with Crippen LogP contribution in [-0.2, 0) is 9.53 Å². The van der Waals surface area contributed by atoms with Gasteiger partial charge in [0, 0.05) is 30.6 Å². The first kappa shape index (κ1) is 18.4. The number of benzene rings is 1. The Morgan fingerprint density at radius 1 is 1.29 bits per heavy atom. The van der Waals surface area contributed by atoms with Gasteiger partial charge in [-0.05, 0) is 48.8 Å². The van der Waals surface area contributed by atoms with E-state index in [0.29, 0.717) is 25.6 Å². The molecule has 6 heteroatoms. The summed E-state index contributed by atoms with van der Waals surface area (Å²) in [5, 5.41) is 2.94. The van der Waals surface area contributed by atoms with Crippen molar-refractivity contribution in [1.82, 2.24) is 10.2 Å². The Hall–Kier alpha value is -1.95. The number of amides is 2. The van der Waals surface area contributed by atoms with Crippen molar-refractivity contribution in [2.75, 3.05) is 33.0 Å². The predicted octanol–water partition coefficient (Wildman–Crippen LogP) is 3.02. The van der Waals surface area contributed by atoms with Gasteiger partial charge >= 0.3 is 6.09 Å². The lowest BCUT2D eigenvalue weighted by Gasteiger charge is -2.30. The molecule has 0 unspecified atom stereocenters. The number of thioether (sulfide) groups is 1. The molecule has 0 bridgehead atoms. The van der Waals surface area contributed by atoms with Crippen LogP contribution in [0.2, 0.25) is 0 Å². The minimum atomic E-state index is -0.270. The summed E-state index contributed by atoms with van der Waals surface area (Å²) in [6, 6.07) is 8.07. The lowest BCUT2D eigenvalue weighted by Crippen LogP contribution is -2.41. The van der Waals surface area contributed by atoms with Crippen molar-refractivity contribution in [2.24, 2.45) is 5.92 Å². The van der Waals surface area contributed by atoms with Crippen LogP contribution in [0.1, 0.15) is 18.4 Å². The molecule has 1 heterocycles. The van der Waals surface area contributed by atoms with Gasteiger partial charge in [0.15, 0.2) is 0 Å². The molecule has 1 aromatic carbocycles. The second kappa shape index (κ2) is 9.37. The maximum Gasteiger partial charge on any atom is 0.409 e. The summed E-state index contributed by atoms with van der Waals surface area (Å²) in [5.74, 6) is 0.323. The molecule has 5 nitrogen and oxygen atoms in total. The minimum absolute atomic E-state index is 0.0839. The molecule has 0 atom stereocenters. The first-order valence-corrected chi connectivity index (χ1v) is 9.27. The Bertz CT molecular complexity index is 578.